The van der Waals surface area contributed by atoms with Crippen molar-refractivity contribution in [3.05, 3.63) is 17.8 Å². The van der Waals surface area contributed by atoms with Crippen molar-refractivity contribution in [2.75, 3.05) is 18.4 Å². The van der Waals surface area contributed by atoms with E-state index in [-0.39, 0.29) is 11.9 Å². The first kappa shape index (κ1) is 10.3. The molecule has 82 valence electrons. The van der Waals surface area contributed by atoms with Gasteiger partial charge in [-0.2, -0.15) is 0 Å². The van der Waals surface area contributed by atoms with Crippen LogP contribution < -0.4 is 10.6 Å². The summed E-state index contributed by atoms with van der Waals surface area (Å²) in [6, 6.07) is 0.266. The molecule has 1 aromatic heterocycles. The van der Waals surface area contributed by atoms with E-state index >= 15 is 0 Å². The minimum atomic E-state index is -0.383. The predicted octanol–water partition coefficient (Wildman–Crippen LogP) is 1.09. The average molecular weight is 210 g/mol. The Balaban J connectivity index is 2.05. The number of aryl methyl sites for hydroxylation is 1. The number of piperidine rings is 1. The smallest absolute Gasteiger partial charge is 0.183 e. The molecule has 0 radical (unpaired) electrons. The number of nitrogens with one attached hydrogen (secondary N) is 2. The summed E-state index contributed by atoms with van der Waals surface area (Å²) in [4.78, 5) is 7.83. The van der Waals surface area contributed by atoms with Crippen LogP contribution in [0.5, 0.6) is 0 Å². The second-order valence-electron chi connectivity index (χ2n) is 3.80. The second kappa shape index (κ2) is 4.53. The van der Waals surface area contributed by atoms with Crippen molar-refractivity contribution in [1.29, 1.82) is 0 Å². The third-order valence-electron chi connectivity index (χ3n) is 2.50. The number of rotatable bonds is 2. The van der Waals surface area contributed by atoms with Gasteiger partial charge in [-0.25, -0.2) is 14.4 Å². The standard InChI is InChI=1S/C10H15FN4/c1-7-13-6-9(11)10(14-7)15-8-3-2-4-12-5-8/h6,8,12H,2-5H2,1H3,(H,13,14,15). The molecule has 1 saturated heterocycles. The summed E-state index contributed by atoms with van der Waals surface area (Å²) in [6.45, 7) is 3.66. The third kappa shape index (κ3) is 2.62. The lowest BCUT2D eigenvalue weighted by Crippen LogP contribution is -2.38. The molecule has 15 heavy (non-hydrogen) atoms. The Bertz CT molecular complexity index is 336. The lowest BCUT2D eigenvalue weighted by molar-refractivity contribution is 0.475. The van der Waals surface area contributed by atoms with Crippen molar-refractivity contribution in [1.82, 2.24) is 15.3 Å². The van der Waals surface area contributed by atoms with Crippen LogP contribution in [0.3, 0.4) is 0 Å². The van der Waals surface area contributed by atoms with Gasteiger partial charge in [0.2, 0.25) is 0 Å². The zero-order valence-corrected chi connectivity index (χ0v) is 8.76. The van der Waals surface area contributed by atoms with Crippen molar-refractivity contribution in [3.63, 3.8) is 0 Å². The molecule has 1 aliphatic rings. The van der Waals surface area contributed by atoms with Crippen LogP contribution in [0.2, 0.25) is 0 Å². The van der Waals surface area contributed by atoms with Gasteiger partial charge in [0.15, 0.2) is 11.6 Å². The zero-order valence-electron chi connectivity index (χ0n) is 8.76. The third-order valence-corrected chi connectivity index (χ3v) is 2.50. The topological polar surface area (TPSA) is 49.8 Å². The number of anilines is 1. The summed E-state index contributed by atoms with van der Waals surface area (Å²) in [5, 5.41) is 6.36. The Morgan fingerprint density at radius 2 is 2.47 bits per heavy atom. The molecule has 0 aliphatic carbocycles. The van der Waals surface area contributed by atoms with Crippen LogP contribution in [0, 0.1) is 12.7 Å². The minimum absolute atomic E-state index is 0.266. The van der Waals surface area contributed by atoms with Gasteiger partial charge in [0, 0.05) is 12.6 Å². The van der Waals surface area contributed by atoms with E-state index in [0.717, 1.165) is 25.9 Å². The van der Waals surface area contributed by atoms with Crippen molar-refractivity contribution < 1.29 is 4.39 Å². The monoisotopic (exact) mass is 210 g/mol. The highest BCUT2D eigenvalue weighted by Gasteiger charge is 2.15. The van der Waals surface area contributed by atoms with Gasteiger partial charge >= 0.3 is 0 Å². The first-order chi connectivity index (χ1) is 7.25. The molecule has 1 atom stereocenters. The van der Waals surface area contributed by atoms with E-state index < -0.39 is 0 Å². The summed E-state index contributed by atoms with van der Waals surface area (Å²) in [6.07, 6.45) is 3.37. The van der Waals surface area contributed by atoms with Gasteiger partial charge in [0.05, 0.1) is 6.20 Å². The first-order valence-corrected chi connectivity index (χ1v) is 5.22. The SMILES string of the molecule is Cc1ncc(F)c(NC2CCCNC2)n1. The molecule has 5 heteroatoms. The Labute approximate surface area is 88.3 Å². The Kier molecular flexibility index (Phi) is 3.11. The van der Waals surface area contributed by atoms with E-state index in [2.05, 4.69) is 20.6 Å². The van der Waals surface area contributed by atoms with E-state index in [1.165, 1.54) is 6.20 Å². The fraction of sp³-hybridized carbons (Fsp3) is 0.600. The summed E-state index contributed by atoms with van der Waals surface area (Å²) in [5.41, 5.74) is 0. The van der Waals surface area contributed by atoms with Crippen molar-refractivity contribution in [2.45, 2.75) is 25.8 Å². The number of hydrogen-bond acceptors (Lipinski definition) is 4. The van der Waals surface area contributed by atoms with Crippen molar-refractivity contribution in [3.8, 4) is 0 Å². The van der Waals surface area contributed by atoms with Crippen molar-refractivity contribution >= 4 is 5.82 Å². The number of hydrogen-bond donors (Lipinski definition) is 2. The maximum atomic E-state index is 13.3. The molecule has 1 fully saturated rings. The highest BCUT2D eigenvalue weighted by atomic mass is 19.1. The molecule has 2 heterocycles. The van der Waals surface area contributed by atoms with Crippen LogP contribution in [0.1, 0.15) is 18.7 Å². The Morgan fingerprint density at radius 1 is 1.60 bits per heavy atom. The molecule has 0 spiro atoms. The zero-order chi connectivity index (χ0) is 10.7. The molecule has 1 unspecified atom stereocenters. The molecule has 4 nitrogen and oxygen atoms in total. The Morgan fingerprint density at radius 3 is 3.20 bits per heavy atom. The average Bonchev–Trinajstić information content (AvgIpc) is 2.25. The van der Waals surface area contributed by atoms with E-state index in [9.17, 15) is 4.39 Å². The molecule has 1 aromatic rings. The van der Waals surface area contributed by atoms with Gasteiger partial charge < -0.3 is 10.6 Å². The molecule has 0 aromatic carbocycles. The molecule has 2 rings (SSSR count). The van der Waals surface area contributed by atoms with Crippen LogP contribution >= 0.6 is 0 Å². The highest BCUT2D eigenvalue weighted by molar-refractivity contribution is 5.36. The maximum absolute atomic E-state index is 13.3. The largest absolute Gasteiger partial charge is 0.364 e. The lowest BCUT2D eigenvalue weighted by atomic mass is 10.1. The van der Waals surface area contributed by atoms with Gasteiger partial charge in [0.1, 0.15) is 5.82 Å². The predicted molar refractivity (Wildman–Crippen MR) is 56.2 cm³/mol. The summed E-state index contributed by atoms with van der Waals surface area (Å²) >= 11 is 0. The Hall–Kier alpha value is -1.23. The van der Waals surface area contributed by atoms with E-state index in [4.69, 9.17) is 0 Å². The highest BCUT2D eigenvalue weighted by Crippen LogP contribution is 2.13. The molecular weight excluding hydrogens is 195 g/mol. The molecular formula is C10H15FN4. The summed E-state index contributed by atoms with van der Waals surface area (Å²) < 4.78 is 13.3. The van der Waals surface area contributed by atoms with Gasteiger partial charge in [0.25, 0.3) is 0 Å². The summed E-state index contributed by atoms with van der Waals surface area (Å²) in [5.74, 6) is 0.519. The molecule has 0 bridgehead atoms. The van der Waals surface area contributed by atoms with Crippen molar-refractivity contribution in [2.24, 2.45) is 0 Å². The van der Waals surface area contributed by atoms with E-state index in [1.54, 1.807) is 6.92 Å². The van der Waals surface area contributed by atoms with Gasteiger partial charge in [-0.15, -0.1) is 0 Å². The van der Waals surface area contributed by atoms with Crippen LogP contribution in [0.4, 0.5) is 10.2 Å². The number of nitrogens with zero attached hydrogens (tertiary/aromatic N) is 2. The molecule has 2 N–H and O–H groups in total. The first-order valence-electron chi connectivity index (χ1n) is 5.22. The maximum Gasteiger partial charge on any atom is 0.183 e. The van der Waals surface area contributed by atoms with Crippen LogP contribution in [-0.2, 0) is 0 Å². The summed E-state index contributed by atoms with van der Waals surface area (Å²) in [7, 11) is 0. The quantitative estimate of drug-likeness (QED) is 0.767. The minimum Gasteiger partial charge on any atom is -0.364 e. The van der Waals surface area contributed by atoms with Gasteiger partial charge in [-0.05, 0) is 26.3 Å². The van der Waals surface area contributed by atoms with Gasteiger partial charge in [-0.3, -0.25) is 0 Å². The fourth-order valence-electron chi connectivity index (χ4n) is 1.72. The molecule has 0 saturated carbocycles. The number of halogens is 1. The number of aromatic nitrogens is 2. The van der Waals surface area contributed by atoms with Gasteiger partial charge in [-0.1, -0.05) is 0 Å². The van der Waals surface area contributed by atoms with Crippen LogP contribution in [0.25, 0.3) is 0 Å². The lowest BCUT2D eigenvalue weighted by Gasteiger charge is -2.24. The van der Waals surface area contributed by atoms with E-state index in [1.807, 2.05) is 0 Å². The van der Waals surface area contributed by atoms with E-state index in [0.29, 0.717) is 11.6 Å². The van der Waals surface area contributed by atoms with Crippen LogP contribution in [0.15, 0.2) is 6.20 Å². The van der Waals surface area contributed by atoms with Crippen LogP contribution in [-0.4, -0.2) is 29.1 Å². The normalized spacial score (nSPS) is 21.3. The molecule has 0 amide bonds. The molecule has 1 aliphatic heterocycles. The second-order valence-corrected chi connectivity index (χ2v) is 3.80. The fourth-order valence-corrected chi connectivity index (χ4v) is 1.72.